The highest BCUT2D eigenvalue weighted by Crippen LogP contribution is 2.26. The van der Waals surface area contributed by atoms with Crippen molar-refractivity contribution in [3.63, 3.8) is 0 Å². The van der Waals surface area contributed by atoms with Gasteiger partial charge in [0.1, 0.15) is 0 Å². The number of thiazole rings is 1. The van der Waals surface area contributed by atoms with E-state index < -0.39 is 0 Å². The summed E-state index contributed by atoms with van der Waals surface area (Å²) in [5.74, 6) is 0.158. The Hall–Kier alpha value is -2.42. The van der Waals surface area contributed by atoms with Gasteiger partial charge in [0.25, 0.3) is 0 Å². The number of hydrogen-bond donors (Lipinski definition) is 1. The van der Waals surface area contributed by atoms with Crippen LogP contribution in [0.25, 0.3) is 0 Å². The van der Waals surface area contributed by atoms with Crippen LogP contribution in [0.1, 0.15) is 25.3 Å². The summed E-state index contributed by atoms with van der Waals surface area (Å²) >= 11 is 1.40. The third-order valence-corrected chi connectivity index (χ3v) is 5.13. The average Bonchev–Trinajstić information content (AvgIpc) is 3.34. The number of nitrogens with one attached hydrogen (secondary N) is 1. The minimum absolute atomic E-state index is 0.130. The number of hydrogen-bond acceptors (Lipinski definition) is 5. The summed E-state index contributed by atoms with van der Waals surface area (Å²) in [7, 11) is 0. The average molecular weight is 346 g/mol. The highest BCUT2D eigenvalue weighted by molar-refractivity contribution is 7.13. The van der Waals surface area contributed by atoms with E-state index in [0.717, 1.165) is 25.1 Å². The first-order chi connectivity index (χ1) is 11.7. The molecule has 1 atom stereocenters. The Kier molecular flexibility index (Phi) is 3.93. The van der Waals surface area contributed by atoms with Crippen LogP contribution in [-0.2, 0) is 4.79 Å². The molecular formula is C15H18N6O2S. The second-order valence-corrected chi connectivity index (χ2v) is 6.88. The molecule has 0 spiro atoms. The summed E-state index contributed by atoms with van der Waals surface area (Å²) in [6.07, 6.45) is 7.67. The number of anilines is 2. The topological polar surface area (TPSA) is 83.4 Å². The summed E-state index contributed by atoms with van der Waals surface area (Å²) < 4.78 is 1.87. The van der Waals surface area contributed by atoms with Crippen LogP contribution in [0, 0.1) is 0 Å². The van der Waals surface area contributed by atoms with Crippen LogP contribution >= 0.6 is 11.3 Å². The van der Waals surface area contributed by atoms with Gasteiger partial charge in [-0.05, 0) is 12.8 Å². The predicted molar refractivity (Wildman–Crippen MR) is 90.2 cm³/mol. The van der Waals surface area contributed by atoms with E-state index in [0.29, 0.717) is 24.6 Å². The molecule has 0 aliphatic carbocycles. The van der Waals surface area contributed by atoms with Crippen molar-refractivity contribution >= 4 is 34.1 Å². The van der Waals surface area contributed by atoms with Gasteiger partial charge in [-0.25, -0.2) is 9.78 Å². The molecule has 0 saturated carbocycles. The van der Waals surface area contributed by atoms with Crippen molar-refractivity contribution in [3.8, 4) is 0 Å². The normalized spacial score (nSPS) is 20.8. The van der Waals surface area contributed by atoms with Gasteiger partial charge in [0.05, 0.1) is 17.9 Å². The van der Waals surface area contributed by atoms with E-state index >= 15 is 0 Å². The summed E-state index contributed by atoms with van der Waals surface area (Å²) in [6.45, 7) is 2.05. The van der Waals surface area contributed by atoms with Crippen LogP contribution in [0.2, 0.25) is 0 Å². The van der Waals surface area contributed by atoms with Crippen LogP contribution in [0.5, 0.6) is 0 Å². The quantitative estimate of drug-likeness (QED) is 0.921. The van der Waals surface area contributed by atoms with Crippen LogP contribution in [0.15, 0.2) is 24.0 Å². The number of rotatable bonds is 3. The molecule has 3 amide bonds. The van der Waals surface area contributed by atoms with Crippen molar-refractivity contribution in [3.05, 3.63) is 24.0 Å². The maximum atomic E-state index is 12.2. The largest absolute Gasteiger partial charge is 0.323 e. The molecule has 9 heteroatoms. The third kappa shape index (κ3) is 2.86. The van der Waals surface area contributed by atoms with Gasteiger partial charge in [0.15, 0.2) is 5.13 Å². The fourth-order valence-corrected chi connectivity index (χ4v) is 3.70. The number of carbonyl (C=O) groups excluding carboxylic acids is 2. The Labute approximate surface area is 143 Å². The molecule has 1 N–H and O–H groups in total. The summed E-state index contributed by atoms with van der Waals surface area (Å²) in [5.41, 5.74) is 0.850. The van der Waals surface area contributed by atoms with Crippen LogP contribution < -0.4 is 10.2 Å². The van der Waals surface area contributed by atoms with Crippen molar-refractivity contribution in [2.24, 2.45) is 0 Å². The van der Waals surface area contributed by atoms with Gasteiger partial charge in [0.2, 0.25) is 5.91 Å². The van der Waals surface area contributed by atoms with Crippen molar-refractivity contribution in [1.82, 2.24) is 19.7 Å². The molecule has 2 saturated heterocycles. The van der Waals surface area contributed by atoms with Crippen molar-refractivity contribution in [2.75, 3.05) is 29.9 Å². The summed E-state index contributed by atoms with van der Waals surface area (Å²) in [4.78, 5) is 31.7. The number of aromatic nitrogens is 3. The van der Waals surface area contributed by atoms with Gasteiger partial charge in [0, 0.05) is 43.8 Å². The number of likely N-dealkylation sites (tertiary alicyclic amines) is 1. The SMILES string of the molecule is O=C(Nc1nccs1)N1CCC(n2cc(N3CCCC3=O)cn2)C1. The fourth-order valence-electron chi connectivity index (χ4n) is 3.19. The van der Waals surface area contributed by atoms with Gasteiger partial charge < -0.3 is 9.80 Å². The molecule has 126 valence electrons. The van der Waals surface area contributed by atoms with Gasteiger partial charge in [-0.15, -0.1) is 11.3 Å². The van der Waals surface area contributed by atoms with Crippen molar-refractivity contribution in [2.45, 2.75) is 25.3 Å². The highest BCUT2D eigenvalue weighted by Gasteiger charge is 2.29. The van der Waals surface area contributed by atoms with Crippen molar-refractivity contribution in [1.29, 1.82) is 0 Å². The van der Waals surface area contributed by atoms with Crippen LogP contribution in [-0.4, -0.2) is 51.2 Å². The lowest BCUT2D eigenvalue weighted by atomic mass is 10.3. The molecule has 4 heterocycles. The Morgan fingerprint density at radius 2 is 2.29 bits per heavy atom. The van der Waals surface area contributed by atoms with Gasteiger partial charge in [-0.2, -0.15) is 5.10 Å². The minimum atomic E-state index is -0.130. The molecule has 0 aromatic carbocycles. The zero-order chi connectivity index (χ0) is 16.5. The second kappa shape index (κ2) is 6.23. The smallest absolute Gasteiger partial charge is 0.322 e. The third-order valence-electron chi connectivity index (χ3n) is 4.44. The standard InChI is InChI=1S/C15H18N6O2S/c22-13-2-1-5-20(13)12-8-17-21(10-12)11-3-6-19(9-11)15(23)18-14-16-4-7-24-14/h4,7-8,10-11H,1-3,5-6,9H2,(H,16,18,23). The molecular weight excluding hydrogens is 328 g/mol. The van der Waals surface area contributed by atoms with E-state index in [1.54, 1.807) is 22.2 Å². The fraction of sp³-hybridized carbons (Fsp3) is 0.467. The monoisotopic (exact) mass is 346 g/mol. The van der Waals surface area contributed by atoms with E-state index in [4.69, 9.17) is 0 Å². The Balaban J connectivity index is 1.39. The van der Waals surface area contributed by atoms with E-state index in [2.05, 4.69) is 15.4 Å². The molecule has 2 fully saturated rings. The van der Waals surface area contributed by atoms with Gasteiger partial charge >= 0.3 is 6.03 Å². The lowest BCUT2D eigenvalue weighted by Crippen LogP contribution is -2.33. The van der Waals surface area contributed by atoms with Crippen LogP contribution in [0.3, 0.4) is 0 Å². The number of nitrogens with zero attached hydrogens (tertiary/aromatic N) is 5. The van der Waals surface area contributed by atoms with E-state index in [-0.39, 0.29) is 18.0 Å². The second-order valence-electron chi connectivity index (χ2n) is 5.98. The molecule has 1 unspecified atom stereocenters. The van der Waals surface area contributed by atoms with Crippen LogP contribution in [0.4, 0.5) is 15.6 Å². The number of urea groups is 1. The van der Waals surface area contributed by atoms with E-state index in [9.17, 15) is 9.59 Å². The molecule has 4 rings (SSSR count). The summed E-state index contributed by atoms with van der Waals surface area (Å²) in [6, 6.07) is 0.00745. The highest BCUT2D eigenvalue weighted by atomic mass is 32.1. The molecule has 0 radical (unpaired) electrons. The Bertz CT molecular complexity index is 743. The predicted octanol–water partition coefficient (Wildman–Crippen LogP) is 1.95. The zero-order valence-electron chi connectivity index (χ0n) is 13.1. The number of amides is 3. The minimum Gasteiger partial charge on any atom is -0.322 e. The molecule has 8 nitrogen and oxygen atoms in total. The first kappa shape index (κ1) is 15.1. The molecule has 24 heavy (non-hydrogen) atoms. The first-order valence-electron chi connectivity index (χ1n) is 8.00. The van der Waals surface area contributed by atoms with Crippen molar-refractivity contribution < 1.29 is 9.59 Å². The Morgan fingerprint density at radius 3 is 3.04 bits per heavy atom. The zero-order valence-corrected chi connectivity index (χ0v) is 13.9. The molecule has 0 bridgehead atoms. The van der Waals surface area contributed by atoms with E-state index in [1.807, 2.05) is 16.3 Å². The molecule has 2 aliphatic heterocycles. The molecule has 2 aromatic rings. The lowest BCUT2D eigenvalue weighted by Gasteiger charge is -2.16. The maximum absolute atomic E-state index is 12.2. The van der Waals surface area contributed by atoms with Gasteiger partial charge in [-0.1, -0.05) is 0 Å². The van der Waals surface area contributed by atoms with E-state index in [1.165, 1.54) is 11.3 Å². The number of carbonyl (C=O) groups is 2. The van der Waals surface area contributed by atoms with Gasteiger partial charge in [-0.3, -0.25) is 14.8 Å². The molecule has 2 aromatic heterocycles. The maximum Gasteiger partial charge on any atom is 0.323 e. The first-order valence-corrected chi connectivity index (χ1v) is 8.88. The lowest BCUT2D eigenvalue weighted by molar-refractivity contribution is -0.117. The Morgan fingerprint density at radius 1 is 1.38 bits per heavy atom. The summed E-state index contributed by atoms with van der Waals surface area (Å²) in [5, 5.41) is 9.64. The molecule has 2 aliphatic rings.